The topological polar surface area (TPSA) is 114 Å². The van der Waals surface area contributed by atoms with E-state index >= 15 is 0 Å². The second-order valence-corrected chi connectivity index (χ2v) is 9.03. The highest BCUT2D eigenvalue weighted by molar-refractivity contribution is 6.25. The molecule has 8 nitrogen and oxygen atoms in total. The highest BCUT2D eigenvalue weighted by atomic mass is 35.5. The Morgan fingerprint density at radius 3 is 2.65 bits per heavy atom. The minimum absolute atomic E-state index is 0.0286. The number of nitrogens with one attached hydrogen (secondary N) is 1. The standard InChI is InChI=1S/C15H16ClNO2.C10H10N4O/c1-15(2,16)8-6-11-4-5-13-12(10-11)17(3)14(18)7-9-19-13;11-9(15)10-12-8(13-14-10)6-7-4-2-1-3-5-7/h4-5,10H,7,9H2,1-3H3;1-5H,6H2,(H2,11,15)(H,12,13,14). The predicted molar refractivity (Wildman–Crippen MR) is 131 cm³/mol. The van der Waals surface area contributed by atoms with Crippen LogP contribution in [0.15, 0.2) is 48.5 Å². The number of benzene rings is 2. The Bertz CT molecular complexity index is 1220. The summed E-state index contributed by atoms with van der Waals surface area (Å²) in [6.07, 6.45) is 1.00. The lowest BCUT2D eigenvalue weighted by molar-refractivity contribution is -0.118. The molecule has 2 amide bonds. The van der Waals surface area contributed by atoms with Gasteiger partial charge in [0.05, 0.1) is 23.6 Å². The molecule has 0 saturated carbocycles. The Labute approximate surface area is 203 Å². The van der Waals surface area contributed by atoms with Gasteiger partial charge in [0.15, 0.2) is 0 Å². The quantitative estimate of drug-likeness (QED) is 0.442. The van der Waals surface area contributed by atoms with Gasteiger partial charge in [-0.2, -0.15) is 0 Å². The molecule has 0 saturated heterocycles. The molecule has 0 radical (unpaired) electrons. The Hall–Kier alpha value is -3.83. The van der Waals surface area contributed by atoms with Crippen LogP contribution in [0.1, 0.15) is 47.8 Å². The average molecular weight is 480 g/mol. The summed E-state index contributed by atoms with van der Waals surface area (Å²) in [6.45, 7) is 4.09. The van der Waals surface area contributed by atoms with E-state index in [2.05, 4.69) is 27.0 Å². The third-order valence-corrected chi connectivity index (χ3v) is 4.83. The number of halogens is 1. The number of anilines is 1. The summed E-state index contributed by atoms with van der Waals surface area (Å²) in [5.74, 6) is 6.77. The summed E-state index contributed by atoms with van der Waals surface area (Å²) in [5.41, 5.74) is 7.71. The summed E-state index contributed by atoms with van der Waals surface area (Å²) in [6, 6.07) is 15.4. The smallest absolute Gasteiger partial charge is 0.288 e. The van der Waals surface area contributed by atoms with Crippen LogP contribution in [0.3, 0.4) is 0 Å². The first-order valence-corrected chi connectivity index (χ1v) is 11.0. The number of alkyl halides is 1. The van der Waals surface area contributed by atoms with Crippen LogP contribution in [0, 0.1) is 11.8 Å². The van der Waals surface area contributed by atoms with Gasteiger partial charge in [0.25, 0.3) is 5.91 Å². The lowest BCUT2D eigenvalue weighted by Gasteiger charge is -2.16. The number of hydrogen-bond acceptors (Lipinski definition) is 5. The number of primary amides is 1. The average Bonchev–Trinajstić information content (AvgIpc) is 3.22. The Morgan fingerprint density at radius 1 is 1.26 bits per heavy atom. The second kappa shape index (κ2) is 10.9. The molecular weight excluding hydrogens is 454 g/mol. The minimum atomic E-state index is -0.620. The number of amides is 2. The fourth-order valence-corrected chi connectivity index (χ4v) is 3.07. The van der Waals surface area contributed by atoms with Crippen molar-refractivity contribution in [1.29, 1.82) is 0 Å². The number of carbonyl (C=O) groups is 2. The van der Waals surface area contributed by atoms with Crippen LogP contribution < -0.4 is 15.4 Å². The minimum Gasteiger partial charge on any atom is -0.491 e. The van der Waals surface area contributed by atoms with E-state index in [1.807, 2.05) is 62.4 Å². The molecule has 2 aromatic carbocycles. The van der Waals surface area contributed by atoms with E-state index in [9.17, 15) is 9.59 Å². The van der Waals surface area contributed by atoms with E-state index in [1.54, 1.807) is 11.9 Å². The van der Waals surface area contributed by atoms with Crippen molar-refractivity contribution in [3.05, 3.63) is 71.3 Å². The van der Waals surface area contributed by atoms with Gasteiger partial charge in [0.1, 0.15) is 11.6 Å². The van der Waals surface area contributed by atoms with E-state index < -0.39 is 10.8 Å². The number of nitrogens with zero attached hydrogens (tertiary/aromatic N) is 3. The molecule has 176 valence electrons. The molecule has 1 aliphatic heterocycles. The normalized spacial score (nSPS) is 12.8. The summed E-state index contributed by atoms with van der Waals surface area (Å²) in [7, 11) is 1.75. The predicted octanol–water partition coefficient (Wildman–Crippen LogP) is 3.30. The van der Waals surface area contributed by atoms with E-state index in [0.717, 1.165) is 16.8 Å². The van der Waals surface area contributed by atoms with Crippen LogP contribution in [0.4, 0.5) is 5.69 Å². The zero-order chi connectivity index (χ0) is 24.7. The van der Waals surface area contributed by atoms with Crippen molar-refractivity contribution < 1.29 is 14.3 Å². The maximum atomic E-state index is 11.8. The highest BCUT2D eigenvalue weighted by Gasteiger charge is 2.20. The van der Waals surface area contributed by atoms with Crippen molar-refractivity contribution in [3.8, 4) is 17.6 Å². The molecule has 0 bridgehead atoms. The number of H-pyrrole nitrogens is 1. The first-order valence-electron chi connectivity index (χ1n) is 10.6. The SMILES string of the molecule is CN1C(=O)CCOc2ccc(C#CC(C)(C)Cl)cc21.NC(=O)c1n[nH]c(Cc2ccccc2)n1. The third-order valence-electron chi connectivity index (χ3n) is 4.74. The van der Waals surface area contributed by atoms with Crippen LogP contribution in [0.25, 0.3) is 0 Å². The van der Waals surface area contributed by atoms with Gasteiger partial charge in [0.2, 0.25) is 11.7 Å². The van der Waals surface area contributed by atoms with Crippen molar-refractivity contribution >= 4 is 29.1 Å². The van der Waals surface area contributed by atoms with E-state index in [1.165, 1.54) is 0 Å². The fourth-order valence-electron chi connectivity index (χ4n) is 3.02. The number of ether oxygens (including phenoxy) is 1. The zero-order valence-electron chi connectivity index (χ0n) is 19.3. The third kappa shape index (κ3) is 7.09. The van der Waals surface area contributed by atoms with Gasteiger partial charge in [-0.15, -0.1) is 16.7 Å². The Balaban J connectivity index is 0.000000196. The largest absolute Gasteiger partial charge is 0.491 e. The lowest BCUT2D eigenvalue weighted by atomic mass is 10.1. The molecule has 0 fully saturated rings. The molecule has 2 heterocycles. The lowest BCUT2D eigenvalue weighted by Crippen LogP contribution is -2.25. The van der Waals surface area contributed by atoms with Crippen molar-refractivity contribution in [3.63, 3.8) is 0 Å². The van der Waals surface area contributed by atoms with Gasteiger partial charge in [-0.25, -0.2) is 4.98 Å². The number of rotatable bonds is 3. The molecule has 0 aliphatic carbocycles. The number of aromatic amines is 1. The van der Waals surface area contributed by atoms with Gasteiger partial charge in [-0.3, -0.25) is 14.7 Å². The molecule has 3 aromatic rings. The fraction of sp³-hybridized carbons (Fsp3) is 0.280. The van der Waals surface area contributed by atoms with E-state index in [-0.39, 0.29) is 11.7 Å². The number of aromatic nitrogens is 3. The monoisotopic (exact) mass is 479 g/mol. The Kier molecular flexibility index (Phi) is 7.92. The maximum absolute atomic E-state index is 11.8. The van der Waals surface area contributed by atoms with Gasteiger partial charge < -0.3 is 15.4 Å². The molecule has 9 heteroatoms. The number of carbonyl (C=O) groups excluding carboxylic acids is 2. The van der Waals surface area contributed by atoms with Crippen molar-refractivity contribution in [1.82, 2.24) is 15.2 Å². The van der Waals surface area contributed by atoms with Crippen LogP contribution in [0.5, 0.6) is 5.75 Å². The van der Waals surface area contributed by atoms with Crippen LogP contribution in [-0.4, -0.2) is 45.5 Å². The summed E-state index contributed by atoms with van der Waals surface area (Å²) < 4.78 is 5.55. The maximum Gasteiger partial charge on any atom is 0.288 e. The van der Waals surface area contributed by atoms with Crippen LogP contribution in [-0.2, 0) is 11.2 Å². The summed E-state index contributed by atoms with van der Waals surface area (Å²) in [5, 5.41) is 6.37. The van der Waals surface area contributed by atoms with Crippen molar-refractivity contribution in [2.75, 3.05) is 18.6 Å². The summed E-state index contributed by atoms with van der Waals surface area (Å²) >= 11 is 6.04. The van der Waals surface area contributed by atoms with Gasteiger partial charge in [0, 0.05) is 19.0 Å². The van der Waals surface area contributed by atoms with Gasteiger partial charge in [-0.1, -0.05) is 42.2 Å². The Morgan fingerprint density at radius 2 is 2.00 bits per heavy atom. The van der Waals surface area contributed by atoms with Crippen molar-refractivity contribution in [2.45, 2.75) is 31.6 Å². The van der Waals surface area contributed by atoms with Gasteiger partial charge in [-0.05, 0) is 37.6 Å². The van der Waals surface area contributed by atoms with E-state index in [4.69, 9.17) is 22.1 Å². The molecule has 1 aliphatic rings. The van der Waals surface area contributed by atoms with Gasteiger partial charge >= 0.3 is 0 Å². The molecule has 0 unspecified atom stereocenters. The molecule has 4 rings (SSSR count). The van der Waals surface area contributed by atoms with Crippen LogP contribution >= 0.6 is 11.6 Å². The van der Waals surface area contributed by atoms with E-state index in [0.29, 0.717) is 31.0 Å². The zero-order valence-corrected chi connectivity index (χ0v) is 20.0. The second-order valence-electron chi connectivity index (χ2n) is 8.09. The highest BCUT2D eigenvalue weighted by Crippen LogP contribution is 2.31. The number of fused-ring (bicyclic) bond motifs is 1. The first-order chi connectivity index (χ1) is 16.1. The molecule has 1 aromatic heterocycles. The molecular formula is C25H26ClN5O3. The molecule has 3 N–H and O–H groups in total. The molecule has 0 atom stereocenters. The number of nitrogens with two attached hydrogens (primary N) is 1. The van der Waals surface area contributed by atoms with Crippen LogP contribution in [0.2, 0.25) is 0 Å². The number of hydrogen-bond donors (Lipinski definition) is 2. The first kappa shape index (κ1) is 24.8. The molecule has 34 heavy (non-hydrogen) atoms. The van der Waals surface area contributed by atoms with Crippen molar-refractivity contribution in [2.24, 2.45) is 5.73 Å². The summed E-state index contributed by atoms with van der Waals surface area (Å²) in [4.78, 5) is 27.5. The molecule has 0 spiro atoms.